The maximum Gasteiger partial charge on any atom is 0.416 e. The largest absolute Gasteiger partial charge is 0.416 e. The van der Waals surface area contributed by atoms with Gasteiger partial charge in [0.15, 0.2) is 0 Å². The molecule has 11 nitrogen and oxygen atoms in total. The second-order valence-electron chi connectivity index (χ2n) is 11.3. The lowest BCUT2D eigenvalue weighted by Gasteiger charge is -2.25. The summed E-state index contributed by atoms with van der Waals surface area (Å²) in [5.74, 6) is 0.213. The first-order valence-electron chi connectivity index (χ1n) is 14.2. The first kappa shape index (κ1) is 30.0. The number of amides is 1. The third kappa shape index (κ3) is 5.41. The van der Waals surface area contributed by atoms with E-state index in [1.807, 2.05) is 43.9 Å². The van der Waals surface area contributed by atoms with Crippen LogP contribution in [0.1, 0.15) is 43.2 Å². The van der Waals surface area contributed by atoms with Gasteiger partial charge in [0, 0.05) is 28.4 Å². The van der Waals surface area contributed by atoms with E-state index in [1.54, 1.807) is 4.57 Å². The predicted octanol–water partition coefficient (Wildman–Crippen LogP) is 4.16. The number of nitrogens with one attached hydrogen (secondary N) is 2. The Kier molecular flexibility index (Phi) is 7.62. The number of carbonyl (C=O) groups excluding carboxylic acids is 1. The molecule has 4 heterocycles. The van der Waals surface area contributed by atoms with E-state index in [0.717, 1.165) is 34.0 Å². The SMILES string of the molecule is CCc1c(N2CCNCC2)[n+](=O)n2nc(-c3ccc4c(c3)COC4(C)C)nc2n1CC(=O)Nc1ccc(C(F)(F)F)cc1Cl. The van der Waals surface area contributed by atoms with E-state index in [4.69, 9.17) is 21.3 Å². The number of benzene rings is 2. The van der Waals surface area contributed by atoms with Gasteiger partial charge in [0.1, 0.15) is 12.2 Å². The molecule has 2 aromatic carbocycles. The average molecular weight is 632 g/mol. The van der Waals surface area contributed by atoms with Crippen molar-refractivity contribution in [2.75, 3.05) is 36.4 Å². The number of piperazine rings is 1. The molecule has 0 spiro atoms. The highest BCUT2D eigenvalue weighted by Gasteiger charge is 2.34. The zero-order chi connectivity index (χ0) is 31.4. The van der Waals surface area contributed by atoms with Gasteiger partial charge in [-0.25, -0.2) is 0 Å². The fourth-order valence-electron chi connectivity index (χ4n) is 5.75. The third-order valence-electron chi connectivity index (χ3n) is 7.98. The molecular formula is C29H31ClF3N8O3+. The van der Waals surface area contributed by atoms with Crippen LogP contribution in [0.15, 0.2) is 36.4 Å². The predicted molar refractivity (Wildman–Crippen MR) is 157 cm³/mol. The van der Waals surface area contributed by atoms with Gasteiger partial charge in [0.05, 0.1) is 46.1 Å². The van der Waals surface area contributed by atoms with Crippen molar-refractivity contribution in [3.05, 3.63) is 68.7 Å². The minimum absolute atomic E-state index is 0.0296. The van der Waals surface area contributed by atoms with Crippen LogP contribution in [0.5, 0.6) is 0 Å². The summed E-state index contributed by atoms with van der Waals surface area (Å²) in [6, 6.07) is 8.51. The fraction of sp³-hybridized carbons (Fsp3) is 0.414. The van der Waals surface area contributed by atoms with Crippen LogP contribution in [0.4, 0.5) is 24.7 Å². The normalized spacial score (nSPS) is 16.4. The highest BCUT2D eigenvalue weighted by molar-refractivity contribution is 6.33. The number of hydrogen-bond acceptors (Lipinski definition) is 7. The van der Waals surface area contributed by atoms with Crippen molar-refractivity contribution in [3.8, 4) is 11.4 Å². The number of halogens is 4. The topological polar surface area (TPSA) is 112 Å². The summed E-state index contributed by atoms with van der Waals surface area (Å²) >= 11 is 6.10. The van der Waals surface area contributed by atoms with E-state index in [9.17, 15) is 22.9 Å². The number of anilines is 2. The second-order valence-corrected chi connectivity index (χ2v) is 11.7. The number of fused-ring (bicyclic) bond motifs is 2. The van der Waals surface area contributed by atoms with Crippen LogP contribution < -0.4 is 20.1 Å². The lowest BCUT2D eigenvalue weighted by Crippen LogP contribution is -2.49. The van der Waals surface area contributed by atoms with Crippen LogP contribution >= 0.6 is 11.6 Å². The van der Waals surface area contributed by atoms with Crippen LogP contribution in [-0.4, -0.2) is 51.4 Å². The quantitative estimate of drug-likeness (QED) is 0.308. The molecule has 15 heteroatoms. The van der Waals surface area contributed by atoms with E-state index >= 15 is 0 Å². The number of aromatic nitrogens is 5. The number of rotatable bonds is 6. The summed E-state index contributed by atoms with van der Waals surface area (Å²) in [6.07, 6.45) is -4.19. The van der Waals surface area contributed by atoms with Gasteiger partial charge in [0.2, 0.25) is 5.91 Å². The van der Waals surface area contributed by atoms with Crippen molar-refractivity contribution in [1.29, 1.82) is 0 Å². The highest BCUT2D eigenvalue weighted by Crippen LogP contribution is 2.37. The van der Waals surface area contributed by atoms with Gasteiger partial charge < -0.3 is 15.4 Å². The van der Waals surface area contributed by atoms with E-state index in [0.29, 0.717) is 66.6 Å². The molecule has 2 aromatic heterocycles. The Morgan fingerprint density at radius 3 is 2.61 bits per heavy atom. The Morgan fingerprint density at radius 2 is 1.93 bits per heavy atom. The molecule has 1 saturated heterocycles. The minimum Gasteiger partial charge on any atom is -0.366 e. The fourth-order valence-corrected chi connectivity index (χ4v) is 5.97. The summed E-state index contributed by atoms with van der Waals surface area (Å²) in [7, 11) is 0. The molecule has 44 heavy (non-hydrogen) atoms. The molecule has 6 rings (SSSR count). The van der Waals surface area contributed by atoms with Crippen LogP contribution in [0.2, 0.25) is 5.02 Å². The van der Waals surface area contributed by atoms with Crippen molar-refractivity contribution in [1.82, 2.24) is 24.6 Å². The smallest absolute Gasteiger partial charge is 0.366 e. The number of nitrogens with zero attached hydrogens (tertiary/aromatic N) is 6. The summed E-state index contributed by atoms with van der Waals surface area (Å²) in [6.45, 7) is 8.48. The van der Waals surface area contributed by atoms with Crippen molar-refractivity contribution in [2.45, 2.75) is 52.1 Å². The van der Waals surface area contributed by atoms with Gasteiger partial charge in [-0.05, 0) is 61.7 Å². The number of carbonyl (C=O) groups is 1. The Balaban J connectivity index is 1.43. The van der Waals surface area contributed by atoms with Crippen LogP contribution in [-0.2, 0) is 40.9 Å². The molecule has 4 aromatic rings. The summed E-state index contributed by atoms with van der Waals surface area (Å²) in [4.78, 5) is 33.9. The third-order valence-corrected chi connectivity index (χ3v) is 8.29. The molecule has 0 radical (unpaired) electrons. The molecule has 2 aliphatic rings. The van der Waals surface area contributed by atoms with E-state index in [1.165, 1.54) is 0 Å². The van der Waals surface area contributed by atoms with Crippen LogP contribution in [0.25, 0.3) is 17.2 Å². The molecule has 0 atom stereocenters. The van der Waals surface area contributed by atoms with Crippen molar-refractivity contribution in [2.24, 2.45) is 0 Å². The van der Waals surface area contributed by atoms with Crippen LogP contribution in [0.3, 0.4) is 0 Å². The number of alkyl halides is 3. The lowest BCUT2D eigenvalue weighted by molar-refractivity contribution is -0.573. The molecular weight excluding hydrogens is 601 g/mol. The van der Waals surface area contributed by atoms with E-state index < -0.39 is 23.2 Å². The monoisotopic (exact) mass is 631 g/mol. The maximum atomic E-state index is 13.9. The van der Waals surface area contributed by atoms with Gasteiger partial charge in [-0.15, -0.1) is 0 Å². The van der Waals surface area contributed by atoms with Crippen molar-refractivity contribution < 1.29 is 27.2 Å². The maximum absolute atomic E-state index is 13.9. The van der Waals surface area contributed by atoms with E-state index in [2.05, 4.69) is 15.7 Å². The van der Waals surface area contributed by atoms with Crippen LogP contribution in [0, 0.1) is 4.91 Å². The molecule has 0 saturated carbocycles. The van der Waals surface area contributed by atoms with Crippen molar-refractivity contribution in [3.63, 3.8) is 0 Å². The molecule has 1 fully saturated rings. The van der Waals surface area contributed by atoms with Gasteiger partial charge in [-0.1, -0.05) is 29.5 Å². The molecule has 0 unspecified atom stereocenters. The van der Waals surface area contributed by atoms with Crippen molar-refractivity contribution >= 4 is 34.8 Å². The average Bonchev–Trinajstić information content (AvgIpc) is 3.56. The zero-order valence-corrected chi connectivity index (χ0v) is 25.1. The Morgan fingerprint density at radius 1 is 1.18 bits per heavy atom. The molecule has 0 bridgehead atoms. The first-order chi connectivity index (χ1) is 20.9. The Bertz CT molecular complexity index is 1830. The molecule has 0 aliphatic carbocycles. The highest BCUT2D eigenvalue weighted by atomic mass is 35.5. The summed E-state index contributed by atoms with van der Waals surface area (Å²) in [5.41, 5.74) is 1.99. The van der Waals surface area contributed by atoms with Gasteiger partial charge in [0.25, 0.3) is 11.6 Å². The van der Waals surface area contributed by atoms with Gasteiger partial charge in [-0.3, -0.25) is 14.3 Å². The lowest BCUT2D eigenvalue weighted by atomic mass is 9.94. The molecule has 2 aliphatic heterocycles. The Hall–Kier alpha value is -4.01. The minimum atomic E-state index is -4.57. The number of ether oxygens (including phenoxy) is 1. The Labute approximate surface area is 255 Å². The summed E-state index contributed by atoms with van der Waals surface area (Å²) in [5, 5.41) is 10.2. The van der Waals surface area contributed by atoms with Gasteiger partial charge >= 0.3 is 12.0 Å². The number of hydrogen-bond donors (Lipinski definition) is 2. The standard InChI is InChI=1S/C29H30ClF3N8O3/c1-4-23-26(38-11-9-34-10-12-38)41(43)40-27(36-25(37-40)17-5-7-20-18(13-17)16-44-28(20,2)3)39(23)15-24(42)35-22-8-6-19(14-21(22)30)29(31,32)33/h5-8,13-14,34H,4,9-12,15-16H2,1-3H3/p+1. The van der Waals surface area contributed by atoms with E-state index in [-0.39, 0.29) is 23.0 Å². The zero-order valence-electron chi connectivity index (χ0n) is 24.3. The molecule has 232 valence electrons. The molecule has 2 N–H and O–H groups in total. The first-order valence-corrected chi connectivity index (χ1v) is 14.6. The molecule has 1 amide bonds. The van der Waals surface area contributed by atoms with Gasteiger partial charge in [-0.2, -0.15) is 18.2 Å². The second kappa shape index (κ2) is 11.2. The summed E-state index contributed by atoms with van der Waals surface area (Å²) < 4.78 is 48.7.